The van der Waals surface area contributed by atoms with Gasteiger partial charge in [0.05, 0.1) is 12.1 Å². The van der Waals surface area contributed by atoms with E-state index in [0.717, 1.165) is 44.2 Å². The van der Waals surface area contributed by atoms with Gasteiger partial charge in [0, 0.05) is 28.5 Å². The highest BCUT2D eigenvalue weighted by Crippen LogP contribution is 2.32. The maximum Gasteiger partial charge on any atom is 0.255 e. The van der Waals surface area contributed by atoms with Gasteiger partial charge in [0.1, 0.15) is 5.82 Å². The first-order valence-corrected chi connectivity index (χ1v) is 9.23. The minimum atomic E-state index is -0.366. The molecule has 1 aromatic carbocycles. The number of halogens is 2. The molecule has 3 nitrogen and oxygen atoms in total. The number of carbonyl (C=O) groups excluding carboxylic acids is 1. The molecule has 0 spiro atoms. The van der Waals surface area contributed by atoms with Crippen LogP contribution < -0.4 is 0 Å². The molecule has 4 rings (SSSR count). The van der Waals surface area contributed by atoms with Crippen LogP contribution in [0.4, 0.5) is 4.39 Å². The molecule has 1 heterocycles. The number of aryl methyl sites for hydroxylation is 2. The summed E-state index contributed by atoms with van der Waals surface area (Å²) in [5.74, 6) is -0.447. The number of carbonyl (C=O) groups is 1. The van der Waals surface area contributed by atoms with E-state index in [0.29, 0.717) is 16.1 Å². The fourth-order valence-electron chi connectivity index (χ4n) is 3.48. The fraction of sp³-hybridized carbons (Fsp3) is 0.400. The van der Waals surface area contributed by atoms with E-state index in [9.17, 15) is 9.18 Å². The van der Waals surface area contributed by atoms with Crippen molar-refractivity contribution < 1.29 is 9.18 Å². The topological polar surface area (TPSA) is 33.2 Å². The van der Waals surface area contributed by atoms with Gasteiger partial charge >= 0.3 is 0 Å². The van der Waals surface area contributed by atoms with E-state index in [4.69, 9.17) is 11.6 Å². The molecule has 2 aliphatic rings. The summed E-state index contributed by atoms with van der Waals surface area (Å²) in [5, 5.41) is 0.363. The van der Waals surface area contributed by atoms with Crippen LogP contribution in [0.25, 0.3) is 0 Å². The molecular weight excluding hydrogens is 339 g/mol. The van der Waals surface area contributed by atoms with Gasteiger partial charge in [-0.1, -0.05) is 17.7 Å². The van der Waals surface area contributed by atoms with E-state index < -0.39 is 0 Å². The van der Waals surface area contributed by atoms with Gasteiger partial charge in [-0.05, 0) is 62.3 Å². The number of aromatic nitrogens is 1. The lowest BCUT2D eigenvalue weighted by molar-refractivity contribution is 0.0727. The van der Waals surface area contributed by atoms with Crippen LogP contribution in [0, 0.1) is 5.82 Å². The molecule has 2 aliphatic carbocycles. The second kappa shape index (κ2) is 6.75. The number of amides is 1. The molecule has 1 aromatic heterocycles. The third-order valence-corrected chi connectivity index (χ3v) is 5.41. The van der Waals surface area contributed by atoms with Crippen LogP contribution in [0.2, 0.25) is 5.02 Å². The zero-order chi connectivity index (χ0) is 17.4. The summed E-state index contributed by atoms with van der Waals surface area (Å²) in [6.45, 7) is 0.200. The molecule has 1 amide bonds. The number of hydrogen-bond donors (Lipinski definition) is 0. The van der Waals surface area contributed by atoms with Gasteiger partial charge in [-0.3, -0.25) is 9.78 Å². The van der Waals surface area contributed by atoms with Gasteiger partial charge in [0.15, 0.2) is 0 Å². The van der Waals surface area contributed by atoms with Crippen molar-refractivity contribution in [1.82, 2.24) is 9.88 Å². The number of benzene rings is 1. The molecule has 25 heavy (non-hydrogen) atoms. The van der Waals surface area contributed by atoms with Crippen LogP contribution in [-0.2, 0) is 19.4 Å². The van der Waals surface area contributed by atoms with Gasteiger partial charge in [0.2, 0.25) is 0 Å². The third-order valence-electron chi connectivity index (χ3n) is 5.06. The second-order valence-corrected chi connectivity index (χ2v) is 7.31. The van der Waals surface area contributed by atoms with Crippen LogP contribution in [0.15, 0.2) is 30.5 Å². The van der Waals surface area contributed by atoms with Crippen molar-refractivity contribution >= 4 is 17.5 Å². The van der Waals surface area contributed by atoms with Crippen molar-refractivity contribution in [2.24, 2.45) is 0 Å². The predicted molar refractivity (Wildman–Crippen MR) is 95.2 cm³/mol. The summed E-state index contributed by atoms with van der Waals surface area (Å²) in [6.07, 6.45) is 7.85. The first-order chi connectivity index (χ1) is 12.1. The number of fused-ring (bicyclic) bond motifs is 1. The van der Waals surface area contributed by atoms with Crippen LogP contribution >= 0.6 is 11.6 Å². The number of hydrogen-bond acceptors (Lipinski definition) is 2. The van der Waals surface area contributed by atoms with Gasteiger partial charge in [-0.2, -0.15) is 0 Å². The highest BCUT2D eigenvalue weighted by molar-refractivity contribution is 6.31. The summed E-state index contributed by atoms with van der Waals surface area (Å²) in [6, 6.07) is 6.77. The molecular formula is C20H20ClFN2O. The average molecular weight is 359 g/mol. The highest BCUT2D eigenvalue weighted by atomic mass is 35.5. The lowest BCUT2D eigenvalue weighted by atomic mass is 9.95. The van der Waals surface area contributed by atoms with Crippen LogP contribution in [-0.4, -0.2) is 21.8 Å². The summed E-state index contributed by atoms with van der Waals surface area (Å²) in [7, 11) is 0. The Morgan fingerprint density at radius 3 is 2.84 bits per heavy atom. The molecule has 2 aromatic rings. The summed E-state index contributed by atoms with van der Waals surface area (Å²) < 4.78 is 14.2. The van der Waals surface area contributed by atoms with E-state index in [-0.39, 0.29) is 24.3 Å². The number of nitrogens with zero attached hydrogens (tertiary/aromatic N) is 2. The largest absolute Gasteiger partial charge is 0.331 e. The molecule has 0 saturated heterocycles. The smallest absolute Gasteiger partial charge is 0.255 e. The average Bonchev–Trinajstić information content (AvgIpc) is 3.45. The quantitative estimate of drug-likeness (QED) is 0.802. The molecule has 1 saturated carbocycles. The third kappa shape index (κ3) is 3.40. The standard InChI is InChI=1S/C20H20ClFN2O/c21-17-5-3-6-18(22)16(17)12-24(15-8-9-15)20(25)14-10-13-4-1-2-7-19(13)23-11-14/h3,5-6,10-11,15H,1-2,4,7-9,12H2. The molecule has 0 aliphatic heterocycles. The summed E-state index contributed by atoms with van der Waals surface area (Å²) in [4.78, 5) is 19.3. The van der Waals surface area contributed by atoms with E-state index in [2.05, 4.69) is 4.98 Å². The zero-order valence-electron chi connectivity index (χ0n) is 14.0. The van der Waals surface area contributed by atoms with E-state index in [1.165, 1.54) is 11.6 Å². The predicted octanol–water partition coefficient (Wildman–Crippen LogP) is 4.56. The van der Waals surface area contributed by atoms with Crippen molar-refractivity contribution in [3.8, 4) is 0 Å². The monoisotopic (exact) mass is 358 g/mol. The van der Waals surface area contributed by atoms with Crippen LogP contribution in [0.1, 0.15) is 52.9 Å². The molecule has 1 fully saturated rings. The Balaban J connectivity index is 1.62. The molecule has 0 radical (unpaired) electrons. The minimum absolute atomic E-state index is 0.0808. The normalized spacial score (nSPS) is 16.4. The van der Waals surface area contributed by atoms with Gasteiger partial charge in [-0.15, -0.1) is 0 Å². The Hall–Kier alpha value is -1.94. The van der Waals surface area contributed by atoms with Crippen molar-refractivity contribution in [2.45, 2.75) is 51.1 Å². The Morgan fingerprint density at radius 2 is 2.08 bits per heavy atom. The Labute approximate surface area is 151 Å². The maximum absolute atomic E-state index is 14.2. The van der Waals surface area contributed by atoms with E-state index >= 15 is 0 Å². The zero-order valence-corrected chi connectivity index (χ0v) is 14.7. The minimum Gasteiger partial charge on any atom is -0.331 e. The molecule has 0 N–H and O–H groups in total. The molecule has 5 heteroatoms. The lowest BCUT2D eigenvalue weighted by Crippen LogP contribution is -2.33. The first-order valence-electron chi connectivity index (χ1n) is 8.85. The Kier molecular flexibility index (Phi) is 4.46. The lowest BCUT2D eigenvalue weighted by Gasteiger charge is -2.24. The summed E-state index contributed by atoms with van der Waals surface area (Å²) in [5.41, 5.74) is 3.27. The SMILES string of the molecule is O=C(c1cnc2c(c1)CCCC2)N(Cc1c(F)cccc1Cl)C1CC1. The maximum atomic E-state index is 14.2. The van der Waals surface area contributed by atoms with Gasteiger partial charge in [0.25, 0.3) is 5.91 Å². The molecule has 0 unspecified atom stereocenters. The fourth-order valence-corrected chi connectivity index (χ4v) is 3.70. The Bertz CT molecular complexity index is 799. The molecule has 0 atom stereocenters. The number of rotatable bonds is 4. The summed E-state index contributed by atoms with van der Waals surface area (Å²) >= 11 is 6.15. The van der Waals surface area contributed by atoms with E-state index in [1.54, 1.807) is 23.2 Å². The van der Waals surface area contributed by atoms with Crippen molar-refractivity contribution in [1.29, 1.82) is 0 Å². The van der Waals surface area contributed by atoms with Gasteiger partial charge < -0.3 is 4.90 Å². The van der Waals surface area contributed by atoms with E-state index in [1.807, 2.05) is 6.07 Å². The van der Waals surface area contributed by atoms with Crippen LogP contribution in [0.5, 0.6) is 0 Å². The van der Waals surface area contributed by atoms with Crippen molar-refractivity contribution in [3.63, 3.8) is 0 Å². The van der Waals surface area contributed by atoms with Crippen LogP contribution in [0.3, 0.4) is 0 Å². The molecule has 130 valence electrons. The number of pyridine rings is 1. The first kappa shape index (κ1) is 16.5. The van der Waals surface area contributed by atoms with Gasteiger partial charge in [-0.25, -0.2) is 4.39 Å². The highest BCUT2D eigenvalue weighted by Gasteiger charge is 2.34. The molecule has 0 bridgehead atoms. The Morgan fingerprint density at radius 1 is 1.28 bits per heavy atom. The second-order valence-electron chi connectivity index (χ2n) is 6.90. The van der Waals surface area contributed by atoms with Crippen molar-refractivity contribution in [2.75, 3.05) is 0 Å². The van der Waals surface area contributed by atoms with Crippen molar-refractivity contribution in [3.05, 3.63) is 63.7 Å².